The third kappa shape index (κ3) is 4.35. The van der Waals surface area contributed by atoms with E-state index in [0.29, 0.717) is 13.2 Å². The Labute approximate surface area is 68.3 Å². The summed E-state index contributed by atoms with van der Waals surface area (Å²) in [6.45, 7) is 6.51. The van der Waals surface area contributed by atoms with Gasteiger partial charge in [0.05, 0.1) is 24.9 Å². The lowest BCUT2D eigenvalue weighted by Crippen LogP contribution is -2.37. The molecule has 0 aliphatic carbocycles. The van der Waals surface area contributed by atoms with Gasteiger partial charge in [-0.25, -0.2) is 0 Å². The third-order valence-corrected chi connectivity index (χ3v) is 1.77. The maximum absolute atomic E-state index is 9.21. The molecular formula is C8H18O3. The van der Waals surface area contributed by atoms with Crippen LogP contribution in [0.1, 0.15) is 20.8 Å². The molecule has 3 heteroatoms. The van der Waals surface area contributed by atoms with Crippen LogP contribution in [0.5, 0.6) is 0 Å². The number of rotatable bonds is 5. The van der Waals surface area contributed by atoms with Crippen LogP contribution in [0, 0.1) is 0 Å². The van der Waals surface area contributed by atoms with Crippen molar-refractivity contribution in [2.75, 3.05) is 20.3 Å². The van der Waals surface area contributed by atoms with Crippen molar-refractivity contribution in [3.8, 4) is 0 Å². The van der Waals surface area contributed by atoms with Crippen LogP contribution in [0.25, 0.3) is 0 Å². The van der Waals surface area contributed by atoms with Crippen LogP contribution in [-0.2, 0) is 9.47 Å². The highest BCUT2D eigenvalue weighted by Crippen LogP contribution is 2.13. The topological polar surface area (TPSA) is 38.7 Å². The minimum Gasteiger partial charge on any atom is -0.390 e. The van der Waals surface area contributed by atoms with Gasteiger partial charge in [-0.3, -0.25) is 0 Å². The highest BCUT2D eigenvalue weighted by molar-refractivity contribution is 4.74. The SMILES string of the molecule is COCCOC(C)(C)C(C)O. The second-order valence-electron chi connectivity index (χ2n) is 3.12. The fourth-order valence-electron chi connectivity index (χ4n) is 0.509. The second kappa shape index (κ2) is 4.70. The average molecular weight is 162 g/mol. The summed E-state index contributed by atoms with van der Waals surface area (Å²) < 4.78 is 10.2. The summed E-state index contributed by atoms with van der Waals surface area (Å²) >= 11 is 0. The van der Waals surface area contributed by atoms with E-state index in [9.17, 15) is 5.11 Å². The summed E-state index contributed by atoms with van der Waals surface area (Å²) in [6, 6.07) is 0. The standard InChI is InChI=1S/C8H18O3/c1-7(9)8(2,3)11-6-5-10-4/h7,9H,5-6H2,1-4H3. The zero-order chi connectivity index (χ0) is 8.91. The molecular weight excluding hydrogens is 144 g/mol. The molecule has 0 saturated carbocycles. The highest BCUT2D eigenvalue weighted by atomic mass is 16.5. The molecule has 0 saturated heterocycles. The Morgan fingerprint density at radius 2 is 1.91 bits per heavy atom. The number of ether oxygens (including phenoxy) is 2. The van der Waals surface area contributed by atoms with Crippen LogP contribution < -0.4 is 0 Å². The molecule has 0 aliphatic rings. The van der Waals surface area contributed by atoms with E-state index >= 15 is 0 Å². The molecule has 0 heterocycles. The minimum atomic E-state index is -0.474. The normalized spacial score (nSPS) is 15.0. The predicted molar refractivity (Wildman–Crippen MR) is 43.6 cm³/mol. The first-order valence-electron chi connectivity index (χ1n) is 3.81. The number of aliphatic hydroxyl groups excluding tert-OH is 1. The van der Waals surface area contributed by atoms with Crippen LogP contribution in [0.2, 0.25) is 0 Å². The fourth-order valence-corrected chi connectivity index (χ4v) is 0.509. The monoisotopic (exact) mass is 162 g/mol. The summed E-state index contributed by atoms with van der Waals surface area (Å²) in [5, 5.41) is 9.21. The fraction of sp³-hybridized carbons (Fsp3) is 1.00. The zero-order valence-electron chi connectivity index (χ0n) is 7.76. The maximum atomic E-state index is 9.21. The van der Waals surface area contributed by atoms with Gasteiger partial charge < -0.3 is 14.6 Å². The molecule has 0 fully saturated rings. The first-order valence-corrected chi connectivity index (χ1v) is 3.81. The van der Waals surface area contributed by atoms with E-state index < -0.39 is 11.7 Å². The van der Waals surface area contributed by atoms with Crippen LogP contribution in [0.15, 0.2) is 0 Å². The van der Waals surface area contributed by atoms with Crippen molar-refractivity contribution in [3.05, 3.63) is 0 Å². The zero-order valence-corrected chi connectivity index (χ0v) is 7.76. The van der Waals surface area contributed by atoms with E-state index in [0.717, 1.165) is 0 Å². The van der Waals surface area contributed by atoms with Crippen molar-refractivity contribution in [3.63, 3.8) is 0 Å². The van der Waals surface area contributed by atoms with E-state index in [1.165, 1.54) is 0 Å². The summed E-state index contributed by atoms with van der Waals surface area (Å²) in [6.07, 6.45) is -0.459. The van der Waals surface area contributed by atoms with Gasteiger partial charge >= 0.3 is 0 Å². The summed E-state index contributed by atoms with van der Waals surface area (Å²) in [5.41, 5.74) is -0.474. The molecule has 0 radical (unpaired) electrons. The van der Waals surface area contributed by atoms with E-state index in [-0.39, 0.29) is 0 Å². The van der Waals surface area contributed by atoms with E-state index in [1.54, 1.807) is 14.0 Å². The van der Waals surface area contributed by atoms with E-state index in [4.69, 9.17) is 9.47 Å². The molecule has 1 atom stereocenters. The summed E-state index contributed by atoms with van der Waals surface area (Å²) in [4.78, 5) is 0. The smallest absolute Gasteiger partial charge is 0.0882 e. The van der Waals surface area contributed by atoms with Gasteiger partial charge in [-0.2, -0.15) is 0 Å². The Hall–Kier alpha value is -0.120. The van der Waals surface area contributed by atoms with Crippen molar-refractivity contribution in [1.82, 2.24) is 0 Å². The molecule has 0 amide bonds. The van der Waals surface area contributed by atoms with Crippen LogP contribution >= 0.6 is 0 Å². The van der Waals surface area contributed by atoms with Gasteiger partial charge in [-0.15, -0.1) is 0 Å². The Balaban J connectivity index is 3.55. The van der Waals surface area contributed by atoms with E-state index in [2.05, 4.69) is 0 Å². The van der Waals surface area contributed by atoms with Gasteiger partial charge in [0, 0.05) is 7.11 Å². The van der Waals surface area contributed by atoms with Crippen LogP contribution in [0.4, 0.5) is 0 Å². The van der Waals surface area contributed by atoms with Crippen LogP contribution in [0.3, 0.4) is 0 Å². The van der Waals surface area contributed by atoms with Crippen molar-refractivity contribution >= 4 is 0 Å². The molecule has 11 heavy (non-hydrogen) atoms. The van der Waals surface area contributed by atoms with Gasteiger partial charge in [-0.05, 0) is 20.8 Å². The van der Waals surface area contributed by atoms with Crippen molar-refractivity contribution < 1.29 is 14.6 Å². The Bertz CT molecular complexity index is 99.5. The lowest BCUT2D eigenvalue weighted by molar-refractivity contribution is -0.103. The molecule has 0 aliphatic heterocycles. The van der Waals surface area contributed by atoms with Crippen LogP contribution in [-0.4, -0.2) is 37.1 Å². The maximum Gasteiger partial charge on any atom is 0.0882 e. The number of hydrogen-bond donors (Lipinski definition) is 1. The molecule has 3 nitrogen and oxygen atoms in total. The second-order valence-corrected chi connectivity index (χ2v) is 3.12. The lowest BCUT2D eigenvalue weighted by Gasteiger charge is -2.28. The predicted octanol–water partition coefficient (Wildman–Crippen LogP) is 0.809. The largest absolute Gasteiger partial charge is 0.390 e. The van der Waals surface area contributed by atoms with Gasteiger partial charge in [0.1, 0.15) is 0 Å². The Morgan fingerprint density at radius 3 is 2.27 bits per heavy atom. The average Bonchev–Trinajstić information content (AvgIpc) is 1.88. The molecule has 0 aromatic rings. The van der Waals surface area contributed by atoms with E-state index in [1.807, 2.05) is 13.8 Å². The number of aliphatic hydroxyl groups is 1. The highest BCUT2D eigenvalue weighted by Gasteiger charge is 2.24. The molecule has 1 unspecified atom stereocenters. The lowest BCUT2D eigenvalue weighted by atomic mass is 10.0. The molecule has 0 spiro atoms. The molecule has 1 N–H and O–H groups in total. The Morgan fingerprint density at radius 1 is 1.36 bits per heavy atom. The summed E-state index contributed by atoms with van der Waals surface area (Å²) in [5.74, 6) is 0. The first kappa shape index (κ1) is 10.9. The summed E-state index contributed by atoms with van der Waals surface area (Å²) in [7, 11) is 1.62. The van der Waals surface area contributed by atoms with Gasteiger partial charge in [0.15, 0.2) is 0 Å². The Kier molecular flexibility index (Phi) is 4.65. The first-order chi connectivity index (χ1) is 5.00. The minimum absolute atomic E-state index is 0.459. The van der Waals surface area contributed by atoms with Crippen molar-refractivity contribution in [2.45, 2.75) is 32.5 Å². The van der Waals surface area contributed by atoms with Gasteiger partial charge in [0.25, 0.3) is 0 Å². The molecule has 0 rings (SSSR count). The molecule has 68 valence electrons. The van der Waals surface area contributed by atoms with Gasteiger partial charge in [-0.1, -0.05) is 0 Å². The third-order valence-electron chi connectivity index (χ3n) is 1.77. The van der Waals surface area contributed by atoms with Crippen molar-refractivity contribution in [1.29, 1.82) is 0 Å². The quantitative estimate of drug-likeness (QED) is 0.608. The molecule has 0 aromatic carbocycles. The molecule has 0 aromatic heterocycles. The number of methoxy groups -OCH3 is 1. The van der Waals surface area contributed by atoms with Crippen molar-refractivity contribution in [2.24, 2.45) is 0 Å². The van der Waals surface area contributed by atoms with Gasteiger partial charge in [0.2, 0.25) is 0 Å². The number of hydrogen-bond acceptors (Lipinski definition) is 3. The molecule has 0 bridgehead atoms.